The van der Waals surface area contributed by atoms with Crippen molar-refractivity contribution in [3.63, 3.8) is 0 Å². The molecule has 0 fully saturated rings. The minimum absolute atomic E-state index is 0.875. The molecule has 3 heterocycles. The molecule has 12 rings (SSSR count). The first-order chi connectivity index (χ1) is 29.6. The van der Waals surface area contributed by atoms with Crippen molar-refractivity contribution in [2.45, 2.75) is 20.3 Å². The maximum Gasteiger partial charge on any atom is 0.159 e. The fourth-order valence-electron chi connectivity index (χ4n) is 9.20. The lowest BCUT2D eigenvalue weighted by Gasteiger charge is -2.09. The second kappa shape index (κ2) is 14.6. The van der Waals surface area contributed by atoms with Gasteiger partial charge in [0.15, 0.2) is 5.58 Å². The highest BCUT2D eigenvalue weighted by Crippen LogP contribution is 2.41. The third-order valence-corrected chi connectivity index (χ3v) is 12.2. The highest BCUT2D eigenvalue weighted by molar-refractivity contribution is 6.14. The van der Waals surface area contributed by atoms with Crippen LogP contribution in [-0.2, 0) is 6.42 Å². The van der Waals surface area contributed by atoms with Gasteiger partial charge in [0.05, 0.1) is 27.8 Å². The molecule has 0 amide bonds. The van der Waals surface area contributed by atoms with Gasteiger partial charge in [-0.1, -0.05) is 153 Å². The Morgan fingerprint density at radius 2 is 0.917 bits per heavy atom. The van der Waals surface area contributed by atoms with E-state index in [1.54, 1.807) is 0 Å². The van der Waals surface area contributed by atoms with Crippen LogP contribution < -0.4 is 0 Å². The molecule has 3 heteroatoms. The number of aryl methyl sites for hydroxylation is 2. The van der Waals surface area contributed by atoms with Crippen molar-refractivity contribution in [2.24, 2.45) is 0 Å². The van der Waals surface area contributed by atoms with E-state index in [4.69, 9.17) is 4.42 Å². The molecule has 286 valence electrons. The molecule has 3 aromatic heterocycles. The zero-order valence-electron chi connectivity index (χ0n) is 33.6. The Balaban J connectivity index is 0.000000406. The van der Waals surface area contributed by atoms with E-state index in [0.29, 0.717) is 0 Å². The van der Waals surface area contributed by atoms with Crippen LogP contribution in [0.3, 0.4) is 0 Å². The van der Waals surface area contributed by atoms with Gasteiger partial charge in [-0.05, 0) is 107 Å². The van der Waals surface area contributed by atoms with Crippen molar-refractivity contribution in [3.05, 3.63) is 217 Å². The summed E-state index contributed by atoms with van der Waals surface area (Å²) in [5.41, 5.74) is 16.3. The number of hydrogen-bond acceptors (Lipinski definition) is 1. The Bertz CT molecular complexity index is 3530. The van der Waals surface area contributed by atoms with Crippen LogP contribution in [0.1, 0.15) is 18.1 Å². The first kappa shape index (κ1) is 35.5. The van der Waals surface area contributed by atoms with Crippen molar-refractivity contribution >= 4 is 65.6 Å². The summed E-state index contributed by atoms with van der Waals surface area (Å²) in [5, 5.41) is 7.14. The van der Waals surface area contributed by atoms with E-state index in [0.717, 1.165) is 50.8 Å². The lowest BCUT2D eigenvalue weighted by Crippen LogP contribution is -1.94. The molecule has 3 nitrogen and oxygen atoms in total. The molecule has 0 N–H and O–H groups in total. The largest absolute Gasteiger partial charge is 0.454 e. The summed E-state index contributed by atoms with van der Waals surface area (Å²) in [6, 6.07) is 73.9. The van der Waals surface area contributed by atoms with Gasteiger partial charge in [0.2, 0.25) is 0 Å². The number of benzene rings is 9. The maximum atomic E-state index is 6.78. The van der Waals surface area contributed by atoms with E-state index in [-0.39, 0.29) is 0 Å². The zero-order valence-corrected chi connectivity index (χ0v) is 33.6. The molecule has 0 unspecified atom stereocenters. The summed E-state index contributed by atoms with van der Waals surface area (Å²) in [5.74, 6) is 0. The SMILES string of the molecule is CCc1ccccc1C.c1ccc(-c2ccc3c(c2)c2ccccc2n3-c2ccc3oc4c(-n5c6ccccc6c6cc(-c7ccccc7)ccc65)cccc4c3c2)cc1. The molecule has 0 aliphatic carbocycles. The monoisotopic (exact) mass is 770 g/mol. The van der Waals surface area contributed by atoms with Gasteiger partial charge < -0.3 is 13.6 Å². The Morgan fingerprint density at radius 1 is 0.383 bits per heavy atom. The summed E-state index contributed by atoms with van der Waals surface area (Å²) < 4.78 is 11.5. The van der Waals surface area contributed by atoms with E-state index in [9.17, 15) is 0 Å². The minimum atomic E-state index is 0.875. The normalized spacial score (nSPS) is 11.6. The van der Waals surface area contributed by atoms with Gasteiger partial charge in [-0.2, -0.15) is 0 Å². The zero-order chi connectivity index (χ0) is 40.2. The standard InChI is InChI=1S/C48H30N2O.C9H12/c1-3-12-31(13-4-1)33-22-25-44-39(28-33)36-16-7-9-19-42(36)49(44)35-24-27-47-41(30-35)38-18-11-21-46(48(38)51-47)50-43-20-10-8-17-37(43)40-29-34(23-26-45(40)50)32-14-5-2-6-15-32;1-3-9-7-5-4-6-8(9)2/h1-30H;4-7H,3H2,1-2H3. The molecule has 12 aromatic rings. The van der Waals surface area contributed by atoms with Crippen molar-refractivity contribution in [1.82, 2.24) is 9.13 Å². The average molecular weight is 771 g/mol. The van der Waals surface area contributed by atoms with Crippen LogP contribution in [0.4, 0.5) is 0 Å². The molecule has 0 spiro atoms. The Kier molecular flexibility index (Phi) is 8.67. The topological polar surface area (TPSA) is 23.0 Å². The molecule has 0 aliphatic heterocycles. The van der Waals surface area contributed by atoms with Crippen LogP contribution in [0.25, 0.3) is 99.2 Å². The minimum Gasteiger partial charge on any atom is -0.454 e. The predicted octanol–water partition coefficient (Wildman–Crippen LogP) is 15.7. The number of fused-ring (bicyclic) bond motifs is 9. The molecule has 0 bridgehead atoms. The van der Waals surface area contributed by atoms with E-state index in [1.807, 2.05) is 0 Å². The van der Waals surface area contributed by atoms with Gasteiger partial charge in [0.25, 0.3) is 0 Å². The molecule has 9 aromatic carbocycles. The van der Waals surface area contributed by atoms with E-state index in [1.165, 1.54) is 66.0 Å². The van der Waals surface area contributed by atoms with E-state index in [2.05, 4.69) is 229 Å². The fourth-order valence-corrected chi connectivity index (χ4v) is 9.20. The number of rotatable bonds is 5. The lowest BCUT2D eigenvalue weighted by molar-refractivity contribution is 0.666. The van der Waals surface area contributed by atoms with Crippen molar-refractivity contribution in [1.29, 1.82) is 0 Å². The van der Waals surface area contributed by atoms with Crippen molar-refractivity contribution in [2.75, 3.05) is 0 Å². The van der Waals surface area contributed by atoms with Crippen LogP contribution in [0.15, 0.2) is 211 Å². The number of hydrogen-bond donors (Lipinski definition) is 0. The number of para-hydroxylation sites is 3. The summed E-state index contributed by atoms with van der Waals surface area (Å²) in [6.45, 7) is 4.33. The summed E-state index contributed by atoms with van der Waals surface area (Å²) in [4.78, 5) is 0. The average Bonchev–Trinajstić information content (AvgIpc) is 3.97. The number of nitrogens with zero attached hydrogens (tertiary/aromatic N) is 2. The van der Waals surface area contributed by atoms with E-state index >= 15 is 0 Å². The first-order valence-electron chi connectivity index (χ1n) is 20.8. The Hall–Kier alpha value is -7.62. The lowest BCUT2D eigenvalue weighted by atomic mass is 10.0. The highest BCUT2D eigenvalue weighted by atomic mass is 16.3. The molecular weight excluding hydrogens is 729 g/mol. The number of furan rings is 1. The van der Waals surface area contributed by atoms with Gasteiger partial charge >= 0.3 is 0 Å². The Morgan fingerprint density at radius 3 is 1.53 bits per heavy atom. The van der Waals surface area contributed by atoms with Crippen LogP contribution in [0.5, 0.6) is 0 Å². The van der Waals surface area contributed by atoms with Gasteiger partial charge in [-0.25, -0.2) is 0 Å². The van der Waals surface area contributed by atoms with Gasteiger partial charge in [-0.15, -0.1) is 0 Å². The molecule has 0 saturated heterocycles. The number of aromatic nitrogens is 2. The van der Waals surface area contributed by atoms with Gasteiger partial charge in [0, 0.05) is 38.0 Å². The summed E-state index contributed by atoms with van der Waals surface area (Å²) >= 11 is 0. The molecule has 0 radical (unpaired) electrons. The molecule has 0 saturated carbocycles. The van der Waals surface area contributed by atoms with E-state index < -0.39 is 0 Å². The smallest absolute Gasteiger partial charge is 0.159 e. The quantitative estimate of drug-likeness (QED) is 0.171. The second-order valence-electron chi connectivity index (χ2n) is 15.6. The van der Waals surface area contributed by atoms with Crippen LogP contribution in [0.2, 0.25) is 0 Å². The van der Waals surface area contributed by atoms with Crippen LogP contribution in [-0.4, -0.2) is 9.13 Å². The van der Waals surface area contributed by atoms with Crippen LogP contribution >= 0.6 is 0 Å². The van der Waals surface area contributed by atoms with Gasteiger partial charge in [0.1, 0.15) is 5.58 Å². The molecular formula is C57H42N2O. The molecule has 0 aliphatic rings. The first-order valence-corrected chi connectivity index (χ1v) is 20.8. The third kappa shape index (κ3) is 5.89. The third-order valence-electron chi connectivity index (χ3n) is 12.2. The van der Waals surface area contributed by atoms with Gasteiger partial charge in [-0.3, -0.25) is 0 Å². The summed E-state index contributed by atoms with van der Waals surface area (Å²) in [6.07, 6.45) is 1.15. The highest BCUT2D eigenvalue weighted by Gasteiger charge is 2.20. The molecule has 0 atom stereocenters. The van der Waals surface area contributed by atoms with Crippen LogP contribution in [0, 0.1) is 6.92 Å². The Labute approximate surface area is 349 Å². The summed E-state index contributed by atoms with van der Waals surface area (Å²) in [7, 11) is 0. The van der Waals surface area contributed by atoms with Crippen molar-refractivity contribution < 1.29 is 4.42 Å². The molecule has 60 heavy (non-hydrogen) atoms. The predicted molar refractivity (Wildman–Crippen MR) is 254 cm³/mol. The fraction of sp³-hybridized carbons (Fsp3) is 0.0526. The maximum absolute atomic E-state index is 6.78. The van der Waals surface area contributed by atoms with Crippen molar-refractivity contribution in [3.8, 4) is 33.6 Å². The second-order valence-corrected chi connectivity index (χ2v) is 15.6.